The molecule has 1 aliphatic heterocycles. The molecule has 1 aromatic carbocycles. The molecule has 0 bridgehead atoms. The van der Waals surface area contributed by atoms with Crippen molar-refractivity contribution in [3.8, 4) is 0 Å². The van der Waals surface area contributed by atoms with Gasteiger partial charge >= 0.3 is 12.2 Å². The molecule has 11 heteroatoms. The Balaban J connectivity index is 1.58. The van der Waals surface area contributed by atoms with Gasteiger partial charge in [-0.15, -0.1) is 0 Å². The summed E-state index contributed by atoms with van der Waals surface area (Å²) in [7, 11) is 0. The van der Waals surface area contributed by atoms with Gasteiger partial charge in [-0.3, -0.25) is 0 Å². The number of nitrogens with one attached hydrogen (secondary N) is 1. The lowest BCUT2D eigenvalue weighted by Crippen LogP contribution is -2.56. The maximum Gasteiger partial charge on any atom is 0.435 e. The summed E-state index contributed by atoms with van der Waals surface area (Å²) in [4.78, 5) is 17.2. The molecule has 2 atom stereocenters. The monoisotopic (exact) mass is 422 g/mol. The molecule has 1 fully saturated rings. The molecular formula is C19H18F4N6O. The molecule has 3 N–H and O–H groups in total. The van der Waals surface area contributed by atoms with Crippen molar-refractivity contribution in [3.05, 3.63) is 59.2 Å². The zero-order valence-corrected chi connectivity index (χ0v) is 15.8. The van der Waals surface area contributed by atoms with Gasteiger partial charge in [0.25, 0.3) is 0 Å². The van der Waals surface area contributed by atoms with E-state index in [0.717, 1.165) is 16.1 Å². The number of halogens is 4. The fraction of sp³-hybridized carbons (Fsp3) is 0.316. The van der Waals surface area contributed by atoms with Crippen LogP contribution in [0.2, 0.25) is 0 Å². The fourth-order valence-electron chi connectivity index (χ4n) is 3.70. The lowest BCUT2D eigenvalue weighted by Gasteiger charge is -2.47. The van der Waals surface area contributed by atoms with Crippen molar-refractivity contribution < 1.29 is 22.4 Å². The van der Waals surface area contributed by atoms with E-state index in [1.54, 1.807) is 25.1 Å². The van der Waals surface area contributed by atoms with Crippen LogP contribution >= 0.6 is 0 Å². The number of alkyl halides is 3. The van der Waals surface area contributed by atoms with Crippen LogP contribution in [0.15, 0.2) is 36.4 Å². The Hall–Kier alpha value is -3.37. The first-order chi connectivity index (χ1) is 14.1. The second kappa shape index (κ2) is 7.15. The number of fused-ring (bicyclic) bond motifs is 1. The van der Waals surface area contributed by atoms with E-state index in [-0.39, 0.29) is 17.6 Å². The first kappa shape index (κ1) is 19.9. The SMILES string of the molecule is Cc1cc(NCC2CN(C(N)=O)C2c2ccc(F)cc2)n2nc(C(F)(F)F)cc2n1. The van der Waals surface area contributed by atoms with Gasteiger partial charge in [-0.1, -0.05) is 12.1 Å². The summed E-state index contributed by atoms with van der Waals surface area (Å²) in [6, 6.07) is 7.29. The van der Waals surface area contributed by atoms with Crippen molar-refractivity contribution in [1.82, 2.24) is 19.5 Å². The molecule has 0 radical (unpaired) electrons. The lowest BCUT2D eigenvalue weighted by molar-refractivity contribution is -0.141. The number of urea groups is 1. The minimum absolute atomic E-state index is 0.0762. The van der Waals surface area contributed by atoms with Crippen molar-refractivity contribution in [3.63, 3.8) is 0 Å². The number of hydrogen-bond acceptors (Lipinski definition) is 4. The number of aromatic nitrogens is 3. The number of hydrogen-bond donors (Lipinski definition) is 2. The van der Waals surface area contributed by atoms with Crippen LogP contribution in [-0.2, 0) is 6.18 Å². The number of nitrogens with two attached hydrogens (primary N) is 1. The molecule has 2 aromatic heterocycles. The van der Waals surface area contributed by atoms with E-state index in [2.05, 4.69) is 15.4 Å². The van der Waals surface area contributed by atoms with E-state index in [1.807, 2.05) is 0 Å². The van der Waals surface area contributed by atoms with Gasteiger partial charge in [0.2, 0.25) is 0 Å². The third kappa shape index (κ3) is 3.62. The van der Waals surface area contributed by atoms with Crippen LogP contribution < -0.4 is 11.1 Å². The second-order valence-electron chi connectivity index (χ2n) is 7.21. The Kier molecular flexibility index (Phi) is 4.75. The number of aryl methyl sites for hydroxylation is 1. The average Bonchev–Trinajstić information content (AvgIpc) is 3.06. The lowest BCUT2D eigenvalue weighted by atomic mass is 9.83. The molecule has 2 unspecified atom stereocenters. The minimum atomic E-state index is -4.58. The number of carbonyl (C=O) groups excluding carboxylic acids is 1. The third-order valence-electron chi connectivity index (χ3n) is 5.10. The van der Waals surface area contributed by atoms with Gasteiger partial charge in [-0.25, -0.2) is 14.2 Å². The molecule has 1 aliphatic rings. The van der Waals surface area contributed by atoms with Crippen molar-refractivity contribution in [2.45, 2.75) is 19.1 Å². The number of amides is 2. The van der Waals surface area contributed by atoms with E-state index in [9.17, 15) is 22.4 Å². The summed E-state index contributed by atoms with van der Waals surface area (Å²) in [5.41, 5.74) is 5.72. The Morgan fingerprint density at radius 3 is 2.60 bits per heavy atom. The first-order valence-corrected chi connectivity index (χ1v) is 9.13. The number of likely N-dealkylation sites (tertiary alicyclic amines) is 1. The van der Waals surface area contributed by atoms with Crippen LogP contribution in [0.3, 0.4) is 0 Å². The van der Waals surface area contributed by atoms with Crippen molar-refractivity contribution in [2.75, 3.05) is 18.4 Å². The molecule has 0 aliphatic carbocycles. The molecule has 0 saturated carbocycles. The summed E-state index contributed by atoms with van der Waals surface area (Å²) in [6.07, 6.45) is -4.58. The van der Waals surface area contributed by atoms with E-state index >= 15 is 0 Å². The minimum Gasteiger partial charge on any atom is -0.369 e. The summed E-state index contributed by atoms with van der Waals surface area (Å²) in [6.45, 7) is 2.38. The highest BCUT2D eigenvalue weighted by Gasteiger charge is 2.42. The van der Waals surface area contributed by atoms with Crippen LogP contribution in [0.5, 0.6) is 0 Å². The molecule has 4 rings (SSSR count). The van der Waals surface area contributed by atoms with Crippen molar-refractivity contribution in [1.29, 1.82) is 0 Å². The van der Waals surface area contributed by atoms with E-state index in [4.69, 9.17) is 5.73 Å². The average molecular weight is 422 g/mol. The van der Waals surface area contributed by atoms with E-state index in [1.165, 1.54) is 17.0 Å². The molecule has 0 spiro atoms. The topological polar surface area (TPSA) is 88.5 Å². The van der Waals surface area contributed by atoms with E-state index < -0.39 is 23.7 Å². The number of nitrogens with zero attached hydrogens (tertiary/aromatic N) is 4. The highest BCUT2D eigenvalue weighted by molar-refractivity contribution is 5.74. The normalized spacial score (nSPS) is 19.0. The fourth-order valence-corrected chi connectivity index (χ4v) is 3.70. The maximum absolute atomic E-state index is 13.3. The highest BCUT2D eigenvalue weighted by Crippen LogP contribution is 2.39. The quantitative estimate of drug-likeness (QED) is 0.631. The van der Waals surface area contributed by atoms with Gasteiger partial charge in [0.05, 0.1) is 6.04 Å². The van der Waals surface area contributed by atoms with Crippen LogP contribution in [0, 0.1) is 18.7 Å². The Morgan fingerprint density at radius 1 is 1.27 bits per heavy atom. The Morgan fingerprint density at radius 2 is 1.97 bits per heavy atom. The number of benzene rings is 1. The molecule has 2 amide bonds. The number of primary amides is 1. The zero-order valence-electron chi connectivity index (χ0n) is 15.8. The van der Waals surface area contributed by atoms with Crippen molar-refractivity contribution in [2.24, 2.45) is 11.7 Å². The molecule has 3 heterocycles. The van der Waals surface area contributed by atoms with Gasteiger partial charge < -0.3 is 16.0 Å². The summed E-state index contributed by atoms with van der Waals surface area (Å²) >= 11 is 0. The Bertz CT molecular complexity index is 1090. The summed E-state index contributed by atoms with van der Waals surface area (Å²) in [5, 5.41) is 6.72. The number of carbonyl (C=O) groups is 1. The smallest absolute Gasteiger partial charge is 0.369 e. The largest absolute Gasteiger partial charge is 0.435 e. The molecule has 1 saturated heterocycles. The van der Waals surface area contributed by atoms with E-state index in [0.29, 0.717) is 24.6 Å². The van der Waals surface area contributed by atoms with Gasteiger partial charge in [0.15, 0.2) is 11.3 Å². The number of rotatable bonds is 4. The van der Waals surface area contributed by atoms with Gasteiger partial charge in [-0.2, -0.15) is 22.8 Å². The second-order valence-corrected chi connectivity index (χ2v) is 7.21. The van der Waals surface area contributed by atoms with Crippen LogP contribution in [0.1, 0.15) is 23.0 Å². The molecule has 7 nitrogen and oxygen atoms in total. The molecule has 30 heavy (non-hydrogen) atoms. The predicted molar refractivity (Wildman–Crippen MR) is 100 cm³/mol. The molecular weight excluding hydrogens is 404 g/mol. The Labute approximate surface area is 168 Å². The van der Waals surface area contributed by atoms with Crippen LogP contribution in [-0.4, -0.2) is 38.6 Å². The first-order valence-electron chi connectivity index (χ1n) is 9.13. The standard InChI is InChI=1S/C19H18F4N6O/c1-10-6-15(29-16(26-10)7-14(27-29)19(21,22)23)25-8-12-9-28(18(24)30)17(12)11-2-4-13(20)5-3-11/h2-7,12,17,25H,8-9H2,1H3,(H2,24,30). The highest BCUT2D eigenvalue weighted by atomic mass is 19.4. The molecule has 158 valence electrons. The number of anilines is 1. The van der Waals surface area contributed by atoms with Gasteiger partial charge in [0, 0.05) is 36.8 Å². The van der Waals surface area contributed by atoms with Gasteiger partial charge in [-0.05, 0) is 24.6 Å². The zero-order chi connectivity index (χ0) is 21.6. The van der Waals surface area contributed by atoms with Crippen LogP contribution in [0.25, 0.3) is 5.65 Å². The summed E-state index contributed by atoms with van der Waals surface area (Å²) < 4.78 is 53.4. The molecule has 3 aromatic rings. The summed E-state index contributed by atoms with van der Waals surface area (Å²) in [5.74, 6) is -0.125. The maximum atomic E-state index is 13.3. The van der Waals surface area contributed by atoms with Crippen LogP contribution in [0.4, 0.5) is 28.2 Å². The van der Waals surface area contributed by atoms with Gasteiger partial charge in [0.1, 0.15) is 11.6 Å². The third-order valence-corrected chi connectivity index (χ3v) is 5.10. The van der Waals surface area contributed by atoms with Crippen molar-refractivity contribution >= 4 is 17.5 Å². The predicted octanol–water partition coefficient (Wildman–Crippen LogP) is 3.36.